The van der Waals surface area contributed by atoms with Crippen LogP contribution in [0.25, 0.3) is 0 Å². The molecule has 1 saturated heterocycles. The smallest absolute Gasteiger partial charge is 0.243 e. The summed E-state index contributed by atoms with van der Waals surface area (Å²) < 4.78 is 26.9. The average Bonchev–Trinajstić information content (AvgIpc) is 2.75. The van der Waals surface area contributed by atoms with E-state index in [9.17, 15) is 8.42 Å². The number of nitrogen functional groups attached to an aromatic ring is 1. The minimum Gasteiger partial charge on any atom is -0.398 e. The van der Waals surface area contributed by atoms with E-state index in [0.717, 1.165) is 5.56 Å². The Morgan fingerprint density at radius 2 is 1.95 bits per heavy atom. The van der Waals surface area contributed by atoms with Crippen LogP contribution in [-0.2, 0) is 10.0 Å². The van der Waals surface area contributed by atoms with Crippen LogP contribution < -0.4 is 5.73 Å². The SMILES string of the molecule is Cc1ccc(S(=O)(=O)N2CC(C)C(N(C)C)C2)cc1N. The molecule has 2 rings (SSSR count). The normalized spacial score (nSPS) is 24.4. The van der Waals surface area contributed by atoms with Crippen molar-refractivity contribution in [2.24, 2.45) is 5.92 Å². The molecule has 1 aliphatic heterocycles. The monoisotopic (exact) mass is 297 g/mol. The fourth-order valence-corrected chi connectivity index (χ4v) is 4.30. The van der Waals surface area contributed by atoms with E-state index in [-0.39, 0.29) is 10.9 Å². The molecule has 0 radical (unpaired) electrons. The van der Waals surface area contributed by atoms with Crippen LogP contribution in [0.3, 0.4) is 0 Å². The van der Waals surface area contributed by atoms with Gasteiger partial charge < -0.3 is 10.6 Å². The Kier molecular flexibility index (Phi) is 4.09. The first-order chi connectivity index (χ1) is 9.23. The molecule has 2 atom stereocenters. The van der Waals surface area contributed by atoms with Crippen LogP contribution in [0.5, 0.6) is 0 Å². The summed E-state index contributed by atoms with van der Waals surface area (Å²) >= 11 is 0. The van der Waals surface area contributed by atoms with Gasteiger partial charge in [0.2, 0.25) is 10.0 Å². The Morgan fingerprint density at radius 3 is 2.45 bits per heavy atom. The minimum atomic E-state index is -3.45. The summed E-state index contributed by atoms with van der Waals surface area (Å²) in [5.74, 6) is 0.322. The molecule has 1 aromatic rings. The van der Waals surface area contributed by atoms with Gasteiger partial charge in [0.15, 0.2) is 0 Å². The molecule has 0 amide bonds. The molecule has 5 nitrogen and oxygen atoms in total. The third-order valence-electron chi connectivity index (χ3n) is 4.09. The second kappa shape index (κ2) is 5.35. The Bertz CT molecular complexity index is 598. The minimum absolute atomic E-state index is 0.257. The van der Waals surface area contributed by atoms with Gasteiger partial charge in [-0.3, -0.25) is 0 Å². The molecule has 1 fully saturated rings. The zero-order valence-electron chi connectivity index (χ0n) is 12.5. The van der Waals surface area contributed by atoms with E-state index >= 15 is 0 Å². The summed E-state index contributed by atoms with van der Waals surface area (Å²) in [5, 5.41) is 0. The van der Waals surface area contributed by atoms with E-state index in [4.69, 9.17) is 5.73 Å². The zero-order valence-corrected chi connectivity index (χ0v) is 13.3. The lowest BCUT2D eigenvalue weighted by atomic mass is 10.1. The molecular formula is C14H23N3O2S. The summed E-state index contributed by atoms with van der Waals surface area (Å²) in [6.45, 7) is 5.04. The van der Waals surface area contributed by atoms with Crippen LogP contribution in [-0.4, -0.2) is 50.8 Å². The van der Waals surface area contributed by atoms with E-state index in [1.807, 2.05) is 21.0 Å². The van der Waals surface area contributed by atoms with Gasteiger partial charge in [-0.2, -0.15) is 4.31 Å². The first-order valence-corrected chi connectivity index (χ1v) is 8.20. The lowest BCUT2D eigenvalue weighted by Gasteiger charge is -2.22. The Morgan fingerprint density at radius 1 is 1.30 bits per heavy atom. The third-order valence-corrected chi connectivity index (χ3v) is 5.92. The molecule has 0 aliphatic carbocycles. The molecule has 20 heavy (non-hydrogen) atoms. The lowest BCUT2D eigenvalue weighted by molar-refractivity contribution is 0.263. The van der Waals surface area contributed by atoms with E-state index in [1.54, 1.807) is 22.5 Å². The Labute approximate surface area is 121 Å². The van der Waals surface area contributed by atoms with Crippen molar-refractivity contribution in [2.75, 3.05) is 32.9 Å². The largest absolute Gasteiger partial charge is 0.398 e. The van der Waals surface area contributed by atoms with Crippen molar-refractivity contribution >= 4 is 15.7 Å². The van der Waals surface area contributed by atoms with E-state index < -0.39 is 10.0 Å². The number of benzene rings is 1. The maximum absolute atomic E-state index is 12.7. The van der Waals surface area contributed by atoms with Gasteiger partial charge in [0.05, 0.1) is 4.90 Å². The number of nitrogens with zero attached hydrogens (tertiary/aromatic N) is 2. The first kappa shape index (κ1) is 15.3. The Hall–Kier alpha value is -1.11. The molecule has 1 aliphatic rings. The number of nitrogens with two attached hydrogens (primary N) is 1. The van der Waals surface area contributed by atoms with Crippen LogP contribution in [0.4, 0.5) is 5.69 Å². The van der Waals surface area contributed by atoms with Gasteiger partial charge in [-0.1, -0.05) is 13.0 Å². The number of hydrogen-bond donors (Lipinski definition) is 1. The molecule has 0 aromatic heterocycles. The number of rotatable bonds is 3. The highest BCUT2D eigenvalue weighted by Gasteiger charge is 2.38. The highest BCUT2D eigenvalue weighted by atomic mass is 32.2. The van der Waals surface area contributed by atoms with Crippen molar-refractivity contribution in [2.45, 2.75) is 24.8 Å². The summed E-state index contributed by atoms with van der Waals surface area (Å²) in [7, 11) is 0.524. The zero-order chi connectivity index (χ0) is 15.1. The van der Waals surface area contributed by atoms with Crippen molar-refractivity contribution in [1.29, 1.82) is 0 Å². The predicted octanol–water partition coefficient (Wildman–Crippen LogP) is 1.15. The summed E-state index contributed by atoms with van der Waals surface area (Å²) in [6, 6.07) is 5.20. The fourth-order valence-electron chi connectivity index (χ4n) is 2.70. The van der Waals surface area contributed by atoms with Gasteiger partial charge in [0.25, 0.3) is 0 Å². The molecule has 1 heterocycles. The second-order valence-corrected chi connectivity index (χ2v) is 7.79. The van der Waals surface area contributed by atoms with Crippen molar-refractivity contribution < 1.29 is 8.42 Å². The fraction of sp³-hybridized carbons (Fsp3) is 0.571. The summed E-state index contributed by atoms with van der Waals surface area (Å²) in [6.07, 6.45) is 0. The van der Waals surface area contributed by atoms with Gasteiger partial charge in [-0.05, 0) is 44.6 Å². The van der Waals surface area contributed by atoms with Crippen molar-refractivity contribution in [3.8, 4) is 0 Å². The third kappa shape index (κ3) is 2.68. The topological polar surface area (TPSA) is 66.6 Å². The first-order valence-electron chi connectivity index (χ1n) is 6.76. The standard InChI is InChI=1S/C14H23N3O2S/c1-10-5-6-12(7-13(10)15)20(18,19)17-8-11(2)14(9-17)16(3)4/h5-7,11,14H,8-9,15H2,1-4H3. The van der Waals surface area contributed by atoms with E-state index in [0.29, 0.717) is 24.7 Å². The van der Waals surface area contributed by atoms with Gasteiger partial charge in [-0.25, -0.2) is 8.42 Å². The summed E-state index contributed by atoms with van der Waals surface area (Å²) in [5.41, 5.74) is 7.24. The van der Waals surface area contributed by atoms with Gasteiger partial charge in [0, 0.05) is 24.8 Å². The van der Waals surface area contributed by atoms with Gasteiger partial charge >= 0.3 is 0 Å². The molecule has 1 aromatic carbocycles. The number of sulfonamides is 1. The Balaban J connectivity index is 2.30. The molecule has 0 saturated carbocycles. The van der Waals surface area contributed by atoms with Crippen LogP contribution in [0.2, 0.25) is 0 Å². The van der Waals surface area contributed by atoms with Crippen LogP contribution in [0.1, 0.15) is 12.5 Å². The molecule has 112 valence electrons. The average molecular weight is 297 g/mol. The highest BCUT2D eigenvalue weighted by Crippen LogP contribution is 2.27. The number of aryl methyl sites for hydroxylation is 1. The van der Waals surface area contributed by atoms with Crippen molar-refractivity contribution in [3.05, 3.63) is 23.8 Å². The van der Waals surface area contributed by atoms with E-state index in [1.165, 1.54) is 0 Å². The molecular weight excluding hydrogens is 274 g/mol. The molecule has 0 bridgehead atoms. The number of hydrogen-bond acceptors (Lipinski definition) is 4. The predicted molar refractivity (Wildman–Crippen MR) is 81.0 cm³/mol. The highest BCUT2D eigenvalue weighted by molar-refractivity contribution is 7.89. The second-order valence-electron chi connectivity index (χ2n) is 5.85. The number of anilines is 1. The maximum atomic E-state index is 12.7. The quantitative estimate of drug-likeness (QED) is 0.850. The lowest BCUT2D eigenvalue weighted by Crippen LogP contribution is -2.35. The van der Waals surface area contributed by atoms with Gasteiger partial charge in [0.1, 0.15) is 0 Å². The van der Waals surface area contributed by atoms with Crippen LogP contribution >= 0.6 is 0 Å². The van der Waals surface area contributed by atoms with E-state index in [2.05, 4.69) is 11.8 Å². The van der Waals surface area contributed by atoms with Crippen molar-refractivity contribution in [1.82, 2.24) is 9.21 Å². The summed E-state index contributed by atoms with van der Waals surface area (Å²) in [4.78, 5) is 2.37. The van der Waals surface area contributed by atoms with Crippen LogP contribution in [0.15, 0.2) is 23.1 Å². The molecule has 2 unspecified atom stereocenters. The van der Waals surface area contributed by atoms with Crippen LogP contribution in [0, 0.1) is 12.8 Å². The molecule has 2 N–H and O–H groups in total. The number of likely N-dealkylation sites (N-methyl/N-ethyl adjacent to an activating group) is 1. The van der Waals surface area contributed by atoms with Crippen molar-refractivity contribution in [3.63, 3.8) is 0 Å². The maximum Gasteiger partial charge on any atom is 0.243 e. The molecule has 6 heteroatoms. The molecule has 0 spiro atoms. The van der Waals surface area contributed by atoms with Gasteiger partial charge in [-0.15, -0.1) is 0 Å².